The molecule has 4 heterocycles. The Labute approximate surface area is 260 Å². The fourth-order valence-corrected chi connectivity index (χ4v) is 5.87. The Morgan fingerprint density at radius 2 is 1.68 bits per heavy atom. The second-order valence-corrected chi connectivity index (χ2v) is 13.5. The monoisotopic (exact) mass is 606 g/mol. The molecule has 1 aromatic carbocycles. The zero-order chi connectivity index (χ0) is 31.6. The number of fused-ring (bicyclic) bond motifs is 2. The molecule has 0 saturated carbocycles. The molecule has 11 heteroatoms. The van der Waals surface area contributed by atoms with Crippen LogP contribution in [0.2, 0.25) is 0 Å². The van der Waals surface area contributed by atoms with Crippen molar-refractivity contribution in [1.82, 2.24) is 19.5 Å². The second-order valence-electron chi connectivity index (χ2n) is 13.5. The molecule has 1 saturated heterocycles. The largest absolute Gasteiger partial charge is 0.494 e. The lowest BCUT2D eigenvalue weighted by atomic mass is 10.0. The van der Waals surface area contributed by atoms with Gasteiger partial charge in [0.05, 0.1) is 18.5 Å². The van der Waals surface area contributed by atoms with E-state index in [2.05, 4.69) is 10.00 Å². The number of hydrogen-bond acceptors (Lipinski definition) is 8. The topological polar surface area (TPSA) is 102 Å². The number of aromatic nitrogens is 3. The van der Waals surface area contributed by atoms with Gasteiger partial charge in [-0.05, 0) is 105 Å². The molecule has 1 fully saturated rings. The van der Waals surface area contributed by atoms with E-state index < -0.39 is 17.3 Å². The minimum absolute atomic E-state index is 0.0549. The molecular formula is C33H46N6O5. The van der Waals surface area contributed by atoms with Gasteiger partial charge in [0.25, 0.3) is 0 Å². The van der Waals surface area contributed by atoms with Gasteiger partial charge in [-0.15, -0.1) is 0 Å². The molecule has 2 amide bonds. The van der Waals surface area contributed by atoms with Gasteiger partial charge >= 0.3 is 12.2 Å². The predicted molar refractivity (Wildman–Crippen MR) is 170 cm³/mol. The number of nitrogens with zero attached hydrogens (tertiary/aromatic N) is 6. The molecule has 1 atom stereocenters. The molecular weight excluding hydrogens is 560 g/mol. The quantitative estimate of drug-likeness (QED) is 0.315. The molecule has 5 rings (SSSR count). The summed E-state index contributed by atoms with van der Waals surface area (Å²) in [7, 11) is 0. The number of amides is 2. The van der Waals surface area contributed by atoms with Crippen molar-refractivity contribution in [2.24, 2.45) is 0 Å². The van der Waals surface area contributed by atoms with Crippen LogP contribution < -0.4 is 14.5 Å². The first-order valence-corrected chi connectivity index (χ1v) is 15.7. The number of carbonyl (C=O) groups excluding carboxylic acids is 2. The summed E-state index contributed by atoms with van der Waals surface area (Å²) in [6, 6.07) is 9.36. The summed E-state index contributed by atoms with van der Waals surface area (Å²) in [5.41, 5.74) is 0.915. The van der Waals surface area contributed by atoms with Crippen LogP contribution in [0.25, 0.3) is 5.65 Å². The van der Waals surface area contributed by atoms with Gasteiger partial charge in [0.2, 0.25) is 0 Å². The molecule has 0 spiro atoms. The molecule has 0 radical (unpaired) electrons. The van der Waals surface area contributed by atoms with E-state index in [4.69, 9.17) is 19.2 Å². The van der Waals surface area contributed by atoms with E-state index >= 15 is 0 Å². The Morgan fingerprint density at radius 3 is 2.36 bits per heavy atom. The van der Waals surface area contributed by atoms with Crippen molar-refractivity contribution in [3.8, 4) is 5.75 Å². The molecule has 3 aromatic rings. The van der Waals surface area contributed by atoms with Crippen LogP contribution in [0.5, 0.6) is 5.75 Å². The minimum Gasteiger partial charge on any atom is -0.494 e. The predicted octanol–water partition coefficient (Wildman–Crippen LogP) is 6.74. The standard InChI is InChI=1S/C33H46N6O5/c1-8-42-25-16-14-23(15-17-25)38(31(41)44-33(5,6)7)29-26-13-9-10-21-37(28(26)35-27-18-19-34-39(27)29)24-12-11-20-36(22-24)30(40)43-32(2,3)4/h14-19,24H,8-13,20-22H2,1-7H3. The average Bonchev–Trinajstić information content (AvgIpc) is 3.31. The molecule has 2 aromatic heterocycles. The van der Waals surface area contributed by atoms with Gasteiger partial charge < -0.3 is 24.0 Å². The van der Waals surface area contributed by atoms with Crippen molar-refractivity contribution in [3.63, 3.8) is 0 Å². The summed E-state index contributed by atoms with van der Waals surface area (Å²) in [4.78, 5) is 38.0. The van der Waals surface area contributed by atoms with Crippen LogP contribution in [-0.4, -0.2) is 75.2 Å². The summed E-state index contributed by atoms with van der Waals surface area (Å²) < 4.78 is 19.1. The summed E-state index contributed by atoms with van der Waals surface area (Å²) in [6.45, 7) is 15.7. The van der Waals surface area contributed by atoms with Crippen molar-refractivity contribution in [2.45, 2.75) is 97.8 Å². The zero-order valence-corrected chi connectivity index (χ0v) is 27.1. The van der Waals surface area contributed by atoms with Gasteiger partial charge in [-0.25, -0.2) is 19.5 Å². The van der Waals surface area contributed by atoms with E-state index in [0.29, 0.717) is 43.3 Å². The highest BCUT2D eigenvalue weighted by atomic mass is 16.6. The SMILES string of the molecule is CCOc1ccc(N(C(=O)OC(C)(C)C)c2c3c(nc4ccnn24)N(C2CCCN(C(=O)OC(C)(C)C)C2)CCCC3)cc1. The maximum Gasteiger partial charge on any atom is 0.420 e. The number of likely N-dealkylation sites (tertiary alicyclic amines) is 1. The van der Waals surface area contributed by atoms with Gasteiger partial charge in [0, 0.05) is 37.3 Å². The third-order valence-electron chi connectivity index (χ3n) is 7.61. The van der Waals surface area contributed by atoms with Crippen LogP contribution in [0.3, 0.4) is 0 Å². The Balaban J connectivity index is 1.61. The summed E-state index contributed by atoms with van der Waals surface area (Å²) in [5.74, 6) is 2.15. The molecule has 2 aliphatic heterocycles. The van der Waals surface area contributed by atoms with Crippen LogP contribution >= 0.6 is 0 Å². The summed E-state index contributed by atoms with van der Waals surface area (Å²) in [6.07, 6.45) is 5.28. The van der Waals surface area contributed by atoms with Crippen LogP contribution in [-0.2, 0) is 15.9 Å². The first-order chi connectivity index (χ1) is 20.8. The average molecular weight is 607 g/mol. The van der Waals surface area contributed by atoms with Crippen molar-refractivity contribution in [2.75, 3.05) is 36.0 Å². The van der Waals surface area contributed by atoms with Crippen LogP contribution in [0, 0.1) is 0 Å². The number of benzene rings is 1. The maximum absolute atomic E-state index is 14.1. The van der Waals surface area contributed by atoms with E-state index in [9.17, 15) is 9.59 Å². The number of piperidine rings is 1. The number of anilines is 3. The van der Waals surface area contributed by atoms with Crippen LogP contribution in [0.15, 0.2) is 36.5 Å². The maximum atomic E-state index is 14.1. The van der Waals surface area contributed by atoms with Gasteiger partial charge in [0.1, 0.15) is 22.8 Å². The van der Waals surface area contributed by atoms with Crippen LogP contribution in [0.1, 0.15) is 79.7 Å². The Hall–Kier alpha value is -4.02. The second kappa shape index (κ2) is 12.5. The number of hydrogen-bond donors (Lipinski definition) is 0. The molecule has 238 valence electrons. The lowest BCUT2D eigenvalue weighted by molar-refractivity contribution is 0.0197. The van der Waals surface area contributed by atoms with Crippen molar-refractivity contribution >= 4 is 35.2 Å². The molecule has 0 bridgehead atoms. The van der Waals surface area contributed by atoms with E-state index in [1.807, 2.05) is 83.7 Å². The van der Waals surface area contributed by atoms with Gasteiger partial charge in [-0.3, -0.25) is 0 Å². The number of ether oxygens (including phenoxy) is 3. The molecule has 2 aliphatic rings. The first kappa shape index (κ1) is 31.4. The third-order valence-corrected chi connectivity index (χ3v) is 7.61. The third kappa shape index (κ3) is 7.03. The van der Waals surface area contributed by atoms with Crippen molar-refractivity contribution in [1.29, 1.82) is 0 Å². The number of rotatable bonds is 5. The van der Waals surface area contributed by atoms with Crippen molar-refractivity contribution < 1.29 is 23.8 Å². The lowest BCUT2D eigenvalue weighted by Gasteiger charge is -2.40. The van der Waals surface area contributed by atoms with E-state index in [1.165, 1.54) is 0 Å². The normalized spacial score (nSPS) is 17.6. The highest BCUT2D eigenvalue weighted by molar-refractivity contribution is 5.97. The zero-order valence-electron chi connectivity index (χ0n) is 27.1. The fraction of sp³-hybridized carbons (Fsp3) is 0.576. The first-order valence-electron chi connectivity index (χ1n) is 15.7. The van der Waals surface area contributed by atoms with Gasteiger partial charge in [-0.1, -0.05) is 0 Å². The lowest BCUT2D eigenvalue weighted by Crippen LogP contribution is -2.51. The van der Waals surface area contributed by atoms with Crippen molar-refractivity contribution in [3.05, 3.63) is 42.1 Å². The fourth-order valence-electron chi connectivity index (χ4n) is 5.87. The molecule has 0 N–H and O–H groups in total. The summed E-state index contributed by atoms with van der Waals surface area (Å²) in [5, 5.41) is 4.63. The van der Waals surface area contributed by atoms with E-state index in [1.54, 1.807) is 15.6 Å². The van der Waals surface area contributed by atoms with Crippen LogP contribution in [0.4, 0.5) is 26.9 Å². The Kier molecular flexibility index (Phi) is 8.95. The van der Waals surface area contributed by atoms with Gasteiger partial charge in [-0.2, -0.15) is 9.61 Å². The highest BCUT2D eigenvalue weighted by Gasteiger charge is 2.36. The van der Waals surface area contributed by atoms with E-state index in [0.717, 1.165) is 49.4 Å². The number of carbonyl (C=O) groups is 2. The summed E-state index contributed by atoms with van der Waals surface area (Å²) >= 11 is 0. The molecule has 0 aliphatic carbocycles. The molecule has 1 unspecified atom stereocenters. The smallest absolute Gasteiger partial charge is 0.420 e. The molecule has 11 nitrogen and oxygen atoms in total. The van der Waals surface area contributed by atoms with E-state index in [-0.39, 0.29) is 12.1 Å². The highest BCUT2D eigenvalue weighted by Crippen LogP contribution is 2.39. The van der Waals surface area contributed by atoms with Gasteiger partial charge in [0.15, 0.2) is 11.5 Å². The molecule has 44 heavy (non-hydrogen) atoms. The minimum atomic E-state index is -0.715. The Morgan fingerprint density at radius 1 is 0.955 bits per heavy atom. The Bertz CT molecular complexity index is 1470.